The monoisotopic (exact) mass is 237 g/mol. The van der Waals surface area contributed by atoms with E-state index in [1.54, 1.807) is 6.20 Å². The number of aromatic nitrogens is 2. The summed E-state index contributed by atoms with van der Waals surface area (Å²) in [7, 11) is 0. The van der Waals surface area contributed by atoms with Crippen LogP contribution in [0.5, 0.6) is 0 Å². The van der Waals surface area contributed by atoms with E-state index in [0.29, 0.717) is 6.42 Å². The van der Waals surface area contributed by atoms with Crippen molar-refractivity contribution in [1.29, 1.82) is 0 Å². The molecule has 1 fully saturated rings. The zero-order chi connectivity index (χ0) is 12.4. The second-order valence-electron chi connectivity index (χ2n) is 3.97. The van der Waals surface area contributed by atoms with E-state index in [1.807, 2.05) is 6.92 Å². The Hall–Kier alpha value is -1.98. The molecule has 1 aliphatic heterocycles. The SMILES string of the molecule is CCc1cnn(C2CCC(=O)NC2=O)c(=O)c1.[HH]. The van der Waals surface area contributed by atoms with Crippen LogP contribution in [0.2, 0.25) is 0 Å². The van der Waals surface area contributed by atoms with E-state index in [1.165, 1.54) is 6.07 Å². The summed E-state index contributed by atoms with van der Waals surface area (Å²) in [5.74, 6) is -0.760. The zero-order valence-electron chi connectivity index (χ0n) is 9.47. The Kier molecular flexibility index (Phi) is 3.03. The van der Waals surface area contributed by atoms with E-state index in [0.717, 1.165) is 16.7 Å². The number of amides is 2. The minimum atomic E-state index is -0.675. The molecule has 1 aliphatic rings. The molecule has 0 aliphatic carbocycles. The molecule has 0 spiro atoms. The Labute approximate surface area is 99.1 Å². The van der Waals surface area contributed by atoms with E-state index < -0.39 is 11.9 Å². The number of hydrogen-bond donors (Lipinski definition) is 1. The summed E-state index contributed by atoms with van der Waals surface area (Å²) >= 11 is 0. The number of carbonyl (C=O) groups is 2. The predicted octanol–water partition coefficient (Wildman–Crippen LogP) is 0.0294. The first-order chi connectivity index (χ1) is 8.11. The summed E-state index contributed by atoms with van der Waals surface area (Å²) in [6, 6.07) is 0.794. The van der Waals surface area contributed by atoms with E-state index in [2.05, 4.69) is 10.4 Å². The summed E-state index contributed by atoms with van der Waals surface area (Å²) < 4.78 is 1.14. The van der Waals surface area contributed by atoms with Crippen LogP contribution in [0.1, 0.15) is 32.8 Å². The maximum atomic E-state index is 11.8. The quantitative estimate of drug-likeness (QED) is 0.736. The van der Waals surface area contributed by atoms with Gasteiger partial charge in [-0.3, -0.25) is 19.7 Å². The van der Waals surface area contributed by atoms with Gasteiger partial charge in [0.25, 0.3) is 11.5 Å². The molecular formula is C11H15N3O3. The van der Waals surface area contributed by atoms with Crippen molar-refractivity contribution in [3.05, 3.63) is 28.2 Å². The normalized spacial score (nSPS) is 20.2. The Balaban J connectivity index is 0.00000162. The van der Waals surface area contributed by atoms with Crippen LogP contribution in [-0.4, -0.2) is 21.6 Å². The van der Waals surface area contributed by atoms with Gasteiger partial charge in [-0.25, -0.2) is 4.68 Å². The predicted molar refractivity (Wildman–Crippen MR) is 61.4 cm³/mol. The lowest BCUT2D eigenvalue weighted by molar-refractivity contribution is -0.136. The third-order valence-corrected chi connectivity index (χ3v) is 2.80. The molecule has 6 heteroatoms. The Bertz CT molecular complexity index is 527. The van der Waals surface area contributed by atoms with Crippen LogP contribution >= 0.6 is 0 Å². The van der Waals surface area contributed by atoms with Gasteiger partial charge in [-0.05, 0) is 18.4 Å². The van der Waals surface area contributed by atoms with Crippen molar-refractivity contribution in [2.75, 3.05) is 0 Å². The first kappa shape index (κ1) is 11.5. The van der Waals surface area contributed by atoms with E-state index in [4.69, 9.17) is 0 Å². The highest BCUT2D eigenvalue weighted by molar-refractivity contribution is 5.99. The Morgan fingerprint density at radius 1 is 1.53 bits per heavy atom. The molecular weight excluding hydrogens is 222 g/mol. The van der Waals surface area contributed by atoms with Crippen molar-refractivity contribution >= 4 is 11.8 Å². The zero-order valence-corrected chi connectivity index (χ0v) is 9.47. The second-order valence-corrected chi connectivity index (χ2v) is 3.97. The first-order valence-electron chi connectivity index (χ1n) is 5.53. The van der Waals surface area contributed by atoms with Crippen LogP contribution in [0.15, 0.2) is 17.1 Å². The molecule has 0 bridgehead atoms. The average Bonchev–Trinajstić information content (AvgIpc) is 2.30. The van der Waals surface area contributed by atoms with Crippen LogP contribution in [0, 0.1) is 0 Å². The fraction of sp³-hybridized carbons (Fsp3) is 0.455. The van der Waals surface area contributed by atoms with Crippen LogP contribution in [-0.2, 0) is 16.0 Å². The van der Waals surface area contributed by atoms with Crippen LogP contribution < -0.4 is 10.9 Å². The van der Waals surface area contributed by atoms with Crippen molar-refractivity contribution in [1.82, 2.24) is 15.1 Å². The third kappa shape index (κ3) is 2.25. The lowest BCUT2D eigenvalue weighted by Gasteiger charge is -2.21. The number of rotatable bonds is 2. The van der Waals surface area contributed by atoms with E-state index in [9.17, 15) is 14.4 Å². The Morgan fingerprint density at radius 2 is 2.29 bits per heavy atom. The number of imide groups is 1. The summed E-state index contributed by atoms with van der Waals surface area (Å²) in [5.41, 5.74) is 0.525. The topological polar surface area (TPSA) is 81.1 Å². The highest BCUT2D eigenvalue weighted by atomic mass is 16.2. The van der Waals surface area contributed by atoms with Gasteiger partial charge in [-0.15, -0.1) is 0 Å². The van der Waals surface area contributed by atoms with E-state index >= 15 is 0 Å². The number of aryl methyl sites for hydroxylation is 1. The van der Waals surface area contributed by atoms with Crippen LogP contribution in [0.25, 0.3) is 0 Å². The number of carbonyl (C=O) groups excluding carboxylic acids is 2. The Morgan fingerprint density at radius 3 is 2.88 bits per heavy atom. The molecule has 92 valence electrons. The van der Waals surface area contributed by atoms with Crippen molar-refractivity contribution in [3.8, 4) is 0 Å². The van der Waals surface area contributed by atoms with Gasteiger partial charge >= 0.3 is 0 Å². The molecule has 1 aromatic heterocycles. The minimum Gasteiger partial charge on any atom is -0.295 e. The summed E-state index contributed by atoms with van der Waals surface area (Å²) in [4.78, 5) is 34.3. The fourth-order valence-electron chi connectivity index (χ4n) is 1.80. The number of nitrogens with zero attached hydrogens (tertiary/aromatic N) is 2. The smallest absolute Gasteiger partial charge is 0.267 e. The largest absolute Gasteiger partial charge is 0.295 e. The lowest BCUT2D eigenvalue weighted by atomic mass is 10.1. The number of nitrogens with one attached hydrogen (secondary N) is 1. The molecule has 1 saturated heterocycles. The molecule has 2 amide bonds. The summed E-state index contributed by atoms with van der Waals surface area (Å²) in [5, 5.41) is 6.19. The van der Waals surface area contributed by atoms with Gasteiger partial charge in [0.2, 0.25) is 5.91 Å². The van der Waals surface area contributed by atoms with Gasteiger partial charge in [-0.1, -0.05) is 6.92 Å². The number of piperidine rings is 1. The molecule has 2 heterocycles. The maximum absolute atomic E-state index is 11.8. The molecule has 1 unspecified atom stereocenters. The molecule has 0 radical (unpaired) electrons. The van der Waals surface area contributed by atoms with Crippen LogP contribution in [0.3, 0.4) is 0 Å². The van der Waals surface area contributed by atoms with Crippen molar-refractivity contribution in [2.24, 2.45) is 0 Å². The van der Waals surface area contributed by atoms with Gasteiger partial charge in [0.1, 0.15) is 6.04 Å². The number of hydrogen-bond acceptors (Lipinski definition) is 4. The maximum Gasteiger partial charge on any atom is 0.267 e. The van der Waals surface area contributed by atoms with Crippen molar-refractivity contribution < 1.29 is 11.0 Å². The minimum absolute atomic E-state index is 0. The average molecular weight is 237 g/mol. The molecule has 1 atom stereocenters. The molecule has 2 rings (SSSR count). The van der Waals surface area contributed by atoms with Crippen molar-refractivity contribution in [3.63, 3.8) is 0 Å². The van der Waals surface area contributed by atoms with Crippen molar-refractivity contribution in [2.45, 2.75) is 32.2 Å². The van der Waals surface area contributed by atoms with Gasteiger partial charge in [-0.2, -0.15) is 5.10 Å². The molecule has 6 nitrogen and oxygen atoms in total. The highest BCUT2D eigenvalue weighted by Crippen LogP contribution is 2.15. The molecule has 0 saturated carbocycles. The molecule has 0 aromatic carbocycles. The molecule has 1 aromatic rings. The first-order valence-corrected chi connectivity index (χ1v) is 5.53. The van der Waals surface area contributed by atoms with E-state index in [-0.39, 0.29) is 19.3 Å². The second kappa shape index (κ2) is 4.48. The molecule has 17 heavy (non-hydrogen) atoms. The molecule has 1 N–H and O–H groups in total. The lowest BCUT2D eigenvalue weighted by Crippen LogP contribution is -2.45. The standard InChI is InChI=1S/C11H13N3O3.H2/c1-2-7-5-10(16)14(12-6-7)8-3-4-9(15)13-11(8)17;/h5-6,8H,2-4H2,1H3,(H,13,15,17);1H. The van der Waals surface area contributed by atoms with Gasteiger partial charge in [0, 0.05) is 13.9 Å². The van der Waals surface area contributed by atoms with Gasteiger partial charge in [0.15, 0.2) is 0 Å². The van der Waals surface area contributed by atoms with Gasteiger partial charge < -0.3 is 0 Å². The van der Waals surface area contributed by atoms with Gasteiger partial charge in [0.05, 0.1) is 6.20 Å². The fourth-order valence-corrected chi connectivity index (χ4v) is 1.80. The third-order valence-electron chi connectivity index (χ3n) is 2.80. The highest BCUT2D eigenvalue weighted by Gasteiger charge is 2.29. The summed E-state index contributed by atoms with van der Waals surface area (Å²) in [6.07, 6.45) is 2.85. The van der Waals surface area contributed by atoms with Crippen LogP contribution in [0.4, 0.5) is 0 Å². The summed E-state index contributed by atoms with van der Waals surface area (Å²) in [6.45, 7) is 1.92.